The lowest BCUT2D eigenvalue weighted by molar-refractivity contribution is -0.138. The van der Waals surface area contributed by atoms with Gasteiger partial charge in [0, 0.05) is 17.8 Å². The number of carboxylic acids is 1. The van der Waals surface area contributed by atoms with Crippen LogP contribution in [0.5, 0.6) is 0 Å². The van der Waals surface area contributed by atoms with Gasteiger partial charge in [-0.2, -0.15) is 26.3 Å². The minimum Gasteiger partial charge on any atom is -0.481 e. The Morgan fingerprint density at radius 2 is 1.70 bits per heavy atom. The highest BCUT2D eigenvalue weighted by Gasteiger charge is 2.41. The van der Waals surface area contributed by atoms with E-state index in [1.807, 2.05) is 13.8 Å². The van der Waals surface area contributed by atoms with Crippen molar-refractivity contribution in [2.45, 2.75) is 76.7 Å². The van der Waals surface area contributed by atoms with Crippen LogP contribution in [0.25, 0.3) is 0 Å². The second-order valence-electron chi connectivity index (χ2n) is 9.11. The summed E-state index contributed by atoms with van der Waals surface area (Å²) in [5, 5.41) is 9.35. The van der Waals surface area contributed by atoms with Crippen molar-refractivity contribution in [3.05, 3.63) is 58.4 Å². The van der Waals surface area contributed by atoms with Gasteiger partial charge in [-0.05, 0) is 61.3 Å². The molecule has 1 unspecified atom stereocenters. The Morgan fingerprint density at radius 1 is 1.06 bits per heavy atom. The highest BCUT2D eigenvalue weighted by molar-refractivity contribution is 5.68. The molecular formula is C24H27F6NO2. The first-order valence-corrected chi connectivity index (χ1v) is 11.0. The summed E-state index contributed by atoms with van der Waals surface area (Å²) in [6, 6.07) is 3.86. The summed E-state index contributed by atoms with van der Waals surface area (Å²) in [4.78, 5) is 11.4. The number of aliphatic carboxylic acids is 1. The van der Waals surface area contributed by atoms with Crippen LogP contribution in [0.15, 0.2) is 30.5 Å². The Bertz CT molecular complexity index is 973. The van der Waals surface area contributed by atoms with Crippen LogP contribution >= 0.6 is 0 Å². The first kappa shape index (κ1) is 25.2. The number of halogens is 6. The average molecular weight is 475 g/mol. The molecule has 3 rings (SSSR count). The van der Waals surface area contributed by atoms with E-state index in [4.69, 9.17) is 0 Å². The van der Waals surface area contributed by atoms with E-state index in [0.717, 1.165) is 18.3 Å². The van der Waals surface area contributed by atoms with Crippen molar-refractivity contribution in [1.82, 2.24) is 4.57 Å². The summed E-state index contributed by atoms with van der Waals surface area (Å²) in [6.45, 7) is 3.92. The number of benzene rings is 1. The molecule has 1 aliphatic rings. The minimum absolute atomic E-state index is 0.112. The average Bonchev–Trinajstić information content (AvgIpc) is 3.08. The van der Waals surface area contributed by atoms with E-state index < -0.39 is 41.4 Å². The summed E-state index contributed by atoms with van der Waals surface area (Å²) in [7, 11) is 0. The van der Waals surface area contributed by atoms with Gasteiger partial charge >= 0.3 is 18.3 Å². The summed E-state index contributed by atoms with van der Waals surface area (Å²) < 4.78 is 82.3. The maximum atomic E-state index is 13.9. The molecule has 33 heavy (non-hydrogen) atoms. The number of hydrogen-bond acceptors (Lipinski definition) is 1. The molecule has 0 saturated carbocycles. The van der Waals surface area contributed by atoms with E-state index >= 15 is 0 Å². The van der Waals surface area contributed by atoms with Crippen LogP contribution in [-0.2, 0) is 23.6 Å². The summed E-state index contributed by atoms with van der Waals surface area (Å²) >= 11 is 0. The molecule has 0 saturated heterocycles. The summed E-state index contributed by atoms with van der Waals surface area (Å²) in [6.07, 6.45) is -6.23. The lowest BCUT2D eigenvalue weighted by atomic mass is 9.83. The fourth-order valence-corrected chi connectivity index (χ4v) is 4.73. The van der Waals surface area contributed by atoms with E-state index in [1.54, 1.807) is 0 Å². The predicted octanol–water partition coefficient (Wildman–Crippen LogP) is 7.45. The van der Waals surface area contributed by atoms with E-state index in [2.05, 4.69) is 0 Å². The van der Waals surface area contributed by atoms with Gasteiger partial charge in [0.1, 0.15) is 0 Å². The van der Waals surface area contributed by atoms with Gasteiger partial charge in [-0.3, -0.25) is 4.79 Å². The first-order chi connectivity index (χ1) is 15.3. The second kappa shape index (κ2) is 9.43. The number of aromatic nitrogens is 1. The summed E-state index contributed by atoms with van der Waals surface area (Å²) in [5.41, 5.74) is -0.682. The molecule has 3 nitrogen and oxygen atoms in total. The maximum Gasteiger partial charge on any atom is 0.418 e. The molecule has 9 heteroatoms. The number of alkyl halides is 6. The molecule has 0 bridgehead atoms. The standard InChI is InChI=1S/C24H27F6NO2/c1-14(2)6-11-20(15-7-9-17(10-8-15)23(25,26)27)31-13-19(24(28,29)30)18-5-3-4-16(22(18)31)12-21(32)33/h7-10,13-14,16,20H,3-6,11-12H2,1-2H3,(H,32,33)/t16?,20-/m1/s1. The monoisotopic (exact) mass is 475 g/mol. The fourth-order valence-electron chi connectivity index (χ4n) is 4.73. The molecule has 0 amide bonds. The van der Waals surface area contributed by atoms with Gasteiger partial charge < -0.3 is 9.67 Å². The molecule has 2 aromatic rings. The number of carboxylic acid groups (broad SMARTS) is 1. The molecule has 0 aliphatic heterocycles. The lowest BCUT2D eigenvalue weighted by Gasteiger charge is -2.29. The van der Waals surface area contributed by atoms with Crippen molar-refractivity contribution in [1.29, 1.82) is 0 Å². The topological polar surface area (TPSA) is 42.2 Å². The van der Waals surface area contributed by atoms with Crippen LogP contribution in [0.2, 0.25) is 0 Å². The van der Waals surface area contributed by atoms with Crippen LogP contribution in [0.3, 0.4) is 0 Å². The van der Waals surface area contributed by atoms with Gasteiger partial charge in [-0.1, -0.05) is 26.0 Å². The Morgan fingerprint density at radius 3 is 2.21 bits per heavy atom. The molecule has 0 spiro atoms. The van der Waals surface area contributed by atoms with Crippen molar-refractivity contribution in [3.8, 4) is 0 Å². The van der Waals surface area contributed by atoms with Gasteiger partial charge in [0.25, 0.3) is 0 Å². The Hall–Kier alpha value is -2.45. The normalized spacial score (nSPS) is 17.8. The zero-order valence-corrected chi connectivity index (χ0v) is 18.4. The Balaban J connectivity index is 2.17. The van der Waals surface area contributed by atoms with Crippen molar-refractivity contribution < 1.29 is 36.2 Å². The highest BCUT2D eigenvalue weighted by atomic mass is 19.4. The van der Waals surface area contributed by atoms with E-state index in [-0.39, 0.29) is 24.3 Å². The van der Waals surface area contributed by atoms with Crippen LogP contribution in [-0.4, -0.2) is 15.6 Å². The number of hydrogen-bond donors (Lipinski definition) is 1. The third-order valence-corrected chi connectivity index (χ3v) is 6.25. The molecule has 1 aromatic carbocycles. The van der Waals surface area contributed by atoms with Gasteiger partial charge in [0.15, 0.2) is 0 Å². The maximum absolute atomic E-state index is 13.9. The Labute approximate surface area is 188 Å². The number of fused-ring (bicyclic) bond motifs is 1. The smallest absolute Gasteiger partial charge is 0.418 e. The number of rotatable bonds is 7. The SMILES string of the molecule is CC(C)CC[C@H](c1ccc(C(F)(F)F)cc1)n1cc(C(F)(F)F)c2c1C(CC(=O)O)CCC2. The third-order valence-electron chi connectivity index (χ3n) is 6.25. The molecule has 2 atom stereocenters. The predicted molar refractivity (Wildman–Crippen MR) is 111 cm³/mol. The van der Waals surface area contributed by atoms with Gasteiger partial charge in [-0.25, -0.2) is 0 Å². The van der Waals surface area contributed by atoms with Crippen molar-refractivity contribution >= 4 is 5.97 Å². The van der Waals surface area contributed by atoms with E-state index in [1.165, 1.54) is 16.7 Å². The second-order valence-corrected chi connectivity index (χ2v) is 9.11. The molecule has 182 valence electrons. The highest BCUT2D eigenvalue weighted by Crippen LogP contribution is 2.45. The molecule has 1 N–H and O–H groups in total. The van der Waals surface area contributed by atoms with Crippen LogP contribution in [0.4, 0.5) is 26.3 Å². The minimum atomic E-state index is -4.61. The van der Waals surface area contributed by atoms with Crippen molar-refractivity contribution in [2.75, 3.05) is 0 Å². The zero-order valence-electron chi connectivity index (χ0n) is 18.4. The first-order valence-electron chi connectivity index (χ1n) is 11.0. The number of nitrogens with zero attached hydrogens (tertiary/aromatic N) is 1. The van der Waals surface area contributed by atoms with E-state index in [9.17, 15) is 36.2 Å². The molecule has 1 aromatic heterocycles. The lowest BCUT2D eigenvalue weighted by Crippen LogP contribution is -2.21. The quantitative estimate of drug-likeness (QED) is 0.423. The van der Waals surface area contributed by atoms with Crippen molar-refractivity contribution in [2.24, 2.45) is 5.92 Å². The van der Waals surface area contributed by atoms with Gasteiger partial charge in [0.05, 0.1) is 23.6 Å². The summed E-state index contributed by atoms with van der Waals surface area (Å²) in [5.74, 6) is -1.45. The molecular weight excluding hydrogens is 448 g/mol. The number of carbonyl (C=O) groups is 1. The van der Waals surface area contributed by atoms with Crippen LogP contribution in [0, 0.1) is 5.92 Å². The third kappa shape index (κ3) is 5.73. The van der Waals surface area contributed by atoms with Crippen LogP contribution < -0.4 is 0 Å². The fraction of sp³-hybridized carbons (Fsp3) is 0.542. The zero-order chi connectivity index (χ0) is 24.6. The van der Waals surface area contributed by atoms with Gasteiger partial charge in [0.2, 0.25) is 0 Å². The van der Waals surface area contributed by atoms with Crippen LogP contribution in [0.1, 0.15) is 85.9 Å². The van der Waals surface area contributed by atoms with Crippen molar-refractivity contribution in [3.63, 3.8) is 0 Å². The largest absolute Gasteiger partial charge is 0.481 e. The molecule has 0 radical (unpaired) electrons. The Kier molecular flexibility index (Phi) is 7.19. The molecule has 0 fully saturated rings. The van der Waals surface area contributed by atoms with E-state index in [0.29, 0.717) is 36.9 Å². The van der Waals surface area contributed by atoms with Gasteiger partial charge in [-0.15, -0.1) is 0 Å². The molecule has 1 heterocycles. The molecule has 1 aliphatic carbocycles.